The number of urea groups is 1. The molecule has 1 aromatic carbocycles. The molecule has 88 valence electrons. The maximum absolute atomic E-state index is 11.6. The highest BCUT2D eigenvalue weighted by Gasteiger charge is 2.18. The molecule has 1 aromatic rings. The first kappa shape index (κ1) is 12.6. The van der Waals surface area contributed by atoms with Crippen molar-refractivity contribution in [2.45, 2.75) is 26.2 Å². The molecule has 0 saturated carbocycles. The zero-order valence-electron chi connectivity index (χ0n) is 10.7. The molecule has 0 aliphatic rings. The van der Waals surface area contributed by atoms with Gasteiger partial charge < -0.3 is 10.2 Å². The van der Waals surface area contributed by atoms with Crippen molar-refractivity contribution in [1.29, 1.82) is 0 Å². The number of nitrogens with zero attached hydrogens (tertiary/aromatic N) is 1. The highest BCUT2D eigenvalue weighted by atomic mass is 16.2. The number of anilines is 1. The maximum Gasteiger partial charge on any atom is 0.321 e. The summed E-state index contributed by atoms with van der Waals surface area (Å²) in [4.78, 5) is 13.1. The zero-order valence-corrected chi connectivity index (χ0v) is 10.7. The van der Waals surface area contributed by atoms with Crippen molar-refractivity contribution in [3.63, 3.8) is 0 Å². The fourth-order valence-corrected chi connectivity index (χ4v) is 1.47. The van der Waals surface area contributed by atoms with Crippen LogP contribution in [0.25, 0.3) is 0 Å². The summed E-state index contributed by atoms with van der Waals surface area (Å²) in [5.74, 6) is 0. The Balaban J connectivity index is 3.01. The van der Waals surface area contributed by atoms with E-state index >= 15 is 0 Å². The van der Waals surface area contributed by atoms with Gasteiger partial charge in [0.2, 0.25) is 0 Å². The van der Waals surface area contributed by atoms with Crippen LogP contribution in [0, 0.1) is 0 Å². The highest BCUT2D eigenvalue weighted by molar-refractivity contribution is 5.90. The molecule has 0 aromatic heterocycles. The number of carbonyl (C=O) groups excluding carboxylic acids is 1. The second kappa shape index (κ2) is 4.56. The van der Waals surface area contributed by atoms with Gasteiger partial charge in [0, 0.05) is 19.8 Å². The van der Waals surface area contributed by atoms with E-state index in [1.807, 2.05) is 24.3 Å². The lowest BCUT2D eigenvalue weighted by Gasteiger charge is -2.23. The third-order valence-corrected chi connectivity index (χ3v) is 2.38. The molecule has 0 heterocycles. The Morgan fingerprint density at radius 1 is 1.19 bits per heavy atom. The number of para-hydroxylation sites is 1. The van der Waals surface area contributed by atoms with Crippen LogP contribution < -0.4 is 5.32 Å². The number of carbonyl (C=O) groups is 1. The lowest BCUT2D eigenvalue weighted by Crippen LogP contribution is -2.28. The van der Waals surface area contributed by atoms with E-state index in [9.17, 15) is 4.79 Å². The van der Waals surface area contributed by atoms with Crippen LogP contribution in [0.1, 0.15) is 26.3 Å². The van der Waals surface area contributed by atoms with Crippen LogP contribution in [-0.4, -0.2) is 25.0 Å². The van der Waals surface area contributed by atoms with Crippen molar-refractivity contribution in [3.05, 3.63) is 29.8 Å². The molecule has 2 amide bonds. The van der Waals surface area contributed by atoms with Crippen molar-refractivity contribution in [1.82, 2.24) is 4.90 Å². The van der Waals surface area contributed by atoms with E-state index < -0.39 is 0 Å². The summed E-state index contributed by atoms with van der Waals surface area (Å²) in [6.07, 6.45) is 0. The molecule has 3 nitrogen and oxygen atoms in total. The first-order valence-electron chi connectivity index (χ1n) is 5.40. The summed E-state index contributed by atoms with van der Waals surface area (Å²) in [6.45, 7) is 6.40. The number of hydrogen-bond acceptors (Lipinski definition) is 1. The number of rotatable bonds is 1. The van der Waals surface area contributed by atoms with Gasteiger partial charge >= 0.3 is 6.03 Å². The van der Waals surface area contributed by atoms with Crippen molar-refractivity contribution < 1.29 is 4.79 Å². The first-order valence-corrected chi connectivity index (χ1v) is 5.40. The molecule has 0 atom stereocenters. The Morgan fingerprint density at radius 2 is 1.75 bits per heavy atom. The fourth-order valence-electron chi connectivity index (χ4n) is 1.47. The Morgan fingerprint density at radius 3 is 2.25 bits per heavy atom. The van der Waals surface area contributed by atoms with Crippen molar-refractivity contribution in [2.75, 3.05) is 19.4 Å². The Bertz CT molecular complexity index is 378. The molecule has 0 aliphatic carbocycles. The molecular weight excluding hydrogens is 200 g/mol. The summed E-state index contributed by atoms with van der Waals surface area (Å²) in [6, 6.07) is 7.80. The molecule has 0 bridgehead atoms. The van der Waals surface area contributed by atoms with Gasteiger partial charge in [-0.05, 0) is 17.0 Å². The molecule has 3 heteroatoms. The number of nitrogens with one attached hydrogen (secondary N) is 1. The lowest BCUT2D eigenvalue weighted by atomic mass is 9.86. The minimum Gasteiger partial charge on any atom is -0.331 e. The predicted molar refractivity (Wildman–Crippen MR) is 67.8 cm³/mol. The van der Waals surface area contributed by atoms with Gasteiger partial charge in [0.15, 0.2) is 0 Å². The molecule has 0 saturated heterocycles. The van der Waals surface area contributed by atoms with Gasteiger partial charge in [-0.25, -0.2) is 4.79 Å². The van der Waals surface area contributed by atoms with Crippen LogP contribution in [0.2, 0.25) is 0 Å². The van der Waals surface area contributed by atoms with E-state index in [1.165, 1.54) is 4.90 Å². The summed E-state index contributed by atoms with van der Waals surface area (Å²) in [7, 11) is 3.46. The molecule has 1 N–H and O–H groups in total. The fraction of sp³-hybridized carbons (Fsp3) is 0.462. The number of amides is 2. The molecular formula is C13H20N2O. The molecule has 0 fully saturated rings. The Hall–Kier alpha value is -1.51. The smallest absolute Gasteiger partial charge is 0.321 e. The van der Waals surface area contributed by atoms with Crippen molar-refractivity contribution >= 4 is 11.7 Å². The van der Waals surface area contributed by atoms with Gasteiger partial charge in [-0.15, -0.1) is 0 Å². The molecule has 0 spiro atoms. The second-order valence-corrected chi connectivity index (χ2v) is 5.12. The van der Waals surface area contributed by atoms with E-state index in [-0.39, 0.29) is 11.4 Å². The van der Waals surface area contributed by atoms with E-state index in [0.29, 0.717) is 0 Å². The number of hydrogen-bond donors (Lipinski definition) is 1. The topological polar surface area (TPSA) is 32.3 Å². The summed E-state index contributed by atoms with van der Waals surface area (Å²) >= 11 is 0. The van der Waals surface area contributed by atoms with Gasteiger partial charge in [-0.2, -0.15) is 0 Å². The third kappa shape index (κ3) is 2.99. The molecule has 0 radical (unpaired) electrons. The monoisotopic (exact) mass is 220 g/mol. The first-order chi connectivity index (χ1) is 7.32. The largest absolute Gasteiger partial charge is 0.331 e. The van der Waals surface area contributed by atoms with Crippen LogP contribution in [-0.2, 0) is 5.41 Å². The van der Waals surface area contributed by atoms with E-state index in [4.69, 9.17) is 0 Å². The van der Waals surface area contributed by atoms with E-state index in [2.05, 4.69) is 26.1 Å². The van der Waals surface area contributed by atoms with E-state index in [1.54, 1.807) is 14.1 Å². The van der Waals surface area contributed by atoms with Crippen LogP contribution in [0.5, 0.6) is 0 Å². The normalized spacial score (nSPS) is 11.1. The Kier molecular flexibility index (Phi) is 3.58. The van der Waals surface area contributed by atoms with Crippen LogP contribution in [0.3, 0.4) is 0 Å². The summed E-state index contributed by atoms with van der Waals surface area (Å²) in [5.41, 5.74) is 2.05. The zero-order chi connectivity index (χ0) is 12.3. The van der Waals surface area contributed by atoms with Gasteiger partial charge in [-0.1, -0.05) is 39.0 Å². The van der Waals surface area contributed by atoms with Crippen LogP contribution in [0.15, 0.2) is 24.3 Å². The second-order valence-electron chi connectivity index (χ2n) is 5.12. The van der Waals surface area contributed by atoms with Gasteiger partial charge in [0.25, 0.3) is 0 Å². The van der Waals surface area contributed by atoms with Crippen LogP contribution >= 0.6 is 0 Å². The van der Waals surface area contributed by atoms with Crippen molar-refractivity contribution in [2.24, 2.45) is 0 Å². The van der Waals surface area contributed by atoms with Gasteiger partial charge in [-0.3, -0.25) is 0 Å². The molecule has 16 heavy (non-hydrogen) atoms. The minimum absolute atomic E-state index is 0.0240. The molecule has 0 aliphatic heterocycles. The molecule has 1 rings (SSSR count). The average Bonchev–Trinajstić information content (AvgIpc) is 2.16. The SMILES string of the molecule is CN(C)C(=O)Nc1ccccc1C(C)(C)C. The summed E-state index contributed by atoms with van der Waals surface area (Å²) < 4.78 is 0. The predicted octanol–water partition coefficient (Wildman–Crippen LogP) is 3.08. The summed E-state index contributed by atoms with van der Waals surface area (Å²) in [5, 5.41) is 2.90. The lowest BCUT2D eigenvalue weighted by molar-refractivity contribution is 0.230. The highest BCUT2D eigenvalue weighted by Crippen LogP contribution is 2.29. The maximum atomic E-state index is 11.6. The van der Waals surface area contributed by atoms with Crippen molar-refractivity contribution in [3.8, 4) is 0 Å². The minimum atomic E-state index is -0.100. The van der Waals surface area contributed by atoms with Gasteiger partial charge in [0.1, 0.15) is 0 Å². The standard InChI is InChI=1S/C13H20N2O/c1-13(2,3)10-8-6-7-9-11(10)14-12(16)15(4)5/h6-9H,1-5H3,(H,14,16). The quantitative estimate of drug-likeness (QED) is 0.775. The third-order valence-electron chi connectivity index (χ3n) is 2.38. The average molecular weight is 220 g/mol. The van der Waals surface area contributed by atoms with Gasteiger partial charge in [0.05, 0.1) is 0 Å². The molecule has 0 unspecified atom stereocenters. The Labute approximate surface area is 97.5 Å². The number of benzene rings is 1. The van der Waals surface area contributed by atoms with E-state index in [0.717, 1.165) is 11.3 Å². The van der Waals surface area contributed by atoms with Crippen LogP contribution in [0.4, 0.5) is 10.5 Å².